The summed E-state index contributed by atoms with van der Waals surface area (Å²) in [6.45, 7) is 3.60. The zero-order valence-electron chi connectivity index (χ0n) is 4.52. The molecule has 0 saturated heterocycles. The molecule has 0 amide bonds. The standard InChI is InChI=1S/C7H7F/c1-6-3-2-4-7(8)5-6/h2-4H,1,5H2. The first kappa shape index (κ1) is 5.29. The van der Waals surface area contributed by atoms with Gasteiger partial charge in [-0.3, -0.25) is 0 Å². The van der Waals surface area contributed by atoms with Gasteiger partial charge in [0.05, 0.1) is 0 Å². The predicted molar refractivity (Wildman–Crippen MR) is 32.1 cm³/mol. The van der Waals surface area contributed by atoms with Gasteiger partial charge < -0.3 is 0 Å². The Bertz CT molecular complexity index is 163. The van der Waals surface area contributed by atoms with Crippen LogP contribution in [0, 0.1) is 0 Å². The molecule has 0 bridgehead atoms. The average Bonchev–Trinajstić information content (AvgIpc) is 1.64. The summed E-state index contributed by atoms with van der Waals surface area (Å²) in [4.78, 5) is 0. The van der Waals surface area contributed by atoms with Crippen molar-refractivity contribution in [2.75, 3.05) is 0 Å². The molecule has 0 aromatic carbocycles. The van der Waals surface area contributed by atoms with Gasteiger partial charge in [-0.05, 0) is 11.6 Å². The molecule has 1 aliphatic carbocycles. The van der Waals surface area contributed by atoms with E-state index in [2.05, 4.69) is 6.58 Å². The minimum Gasteiger partial charge on any atom is -0.211 e. The van der Waals surface area contributed by atoms with Crippen LogP contribution in [0.3, 0.4) is 0 Å². The summed E-state index contributed by atoms with van der Waals surface area (Å²) in [5.41, 5.74) is 0.838. The Kier molecular flexibility index (Phi) is 1.29. The molecule has 0 fully saturated rings. The van der Waals surface area contributed by atoms with Crippen molar-refractivity contribution in [3.63, 3.8) is 0 Å². The largest absolute Gasteiger partial charge is 0.211 e. The van der Waals surface area contributed by atoms with Gasteiger partial charge in [0.25, 0.3) is 0 Å². The minimum absolute atomic E-state index is 0.0995. The monoisotopic (exact) mass is 110 g/mol. The van der Waals surface area contributed by atoms with Crippen LogP contribution in [-0.2, 0) is 0 Å². The Balaban J connectivity index is 2.73. The lowest BCUT2D eigenvalue weighted by Crippen LogP contribution is -1.81. The normalized spacial score (nSPS) is 18.6. The summed E-state index contributed by atoms with van der Waals surface area (Å²) in [5, 5.41) is 0. The van der Waals surface area contributed by atoms with Crippen molar-refractivity contribution < 1.29 is 4.39 Å². The second kappa shape index (κ2) is 1.95. The third-order valence-corrected chi connectivity index (χ3v) is 1.00. The molecule has 1 rings (SSSR count). The van der Waals surface area contributed by atoms with E-state index in [0.29, 0.717) is 6.42 Å². The summed E-state index contributed by atoms with van der Waals surface area (Å²) in [5.74, 6) is -0.0995. The van der Waals surface area contributed by atoms with E-state index in [1.807, 2.05) is 6.08 Å². The van der Waals surface area contributed by atoms with Crippen molar-refractivity contribution in [3.05, 3.63) is 36.2 Å². The Labute approximate surface area is 48.0 Å². The van der Waals surface area contributed by atoms with Crippen LogP contribution >= 0.6 is 0 Å². The molecule has 42 valence electrons. The average molecular weight is 110 g/mol. The Morgan fingerprint density at radius 1 is 1.62 bits per heavy atom. The van der Waals surface area contributed by atoms with Gasteiger partial charge in [-0.1, -0.05) is 18.7 Å². The Hall–Kier alpha value is -0.850. The quantitative estimate of drug-likeness (QED) is 0.449. The molecule has 0 spiro atoms. The van der Waals surface area contributed by atoms with Crippen LogP contribution in [0.15, 0.2) is 36.2 Å². The third-order valence-electron chi connectivity index (χ3n) is 1.00. The second-order valence-electron chi connectivity index (χ2n) is 1.81. The maximum absolute atomic E-state index is 12.2. The first-order valence-corrected chi connectivity index (χ1v) is 2.49. The van der Waals surface area contributed by atoms with E-state index in [-0.39, 0.29) is 5.83 Å². The highest BCUT2D eigenvalue weighted by atomic mass is 19.1. The number of allylic oxidation sites excluding steroid dienone is 5. The van der Waals surface area contributed by atoms with Gasteiger partial charge in [-0.25, -0.2) is 4.39 Å². The molecule has 0 N–H and O–H groups in total. The van der Waals surface area contributed by atoms with Gasteiger partial charge in [0.2, 0.25) is 0 Å². The molecular formula is C7H7F. The van der Waals surface area contributed by atoms with E-state index in [1.165, 1.54) is 6.08 Å². The molecule has 0 aliphatic heterocycles. The van der Waals surface area contributed by atoms with Crippen molar-refractivity contribution in [2.24, 2.45) is 0 Å². The smallest absolute Gasteiger partial charge is 0.104 e. The van der Waals surface area contributed by atoms with Crippen molar-refractivity contribution in [3.8, 4) is 0 Å². The molecule has 0 unspecified atom stereocenters. The van der Waals surface area contributed by atoms with Crippen molar-refractivity contribution in [1.82, 2.24) is 0 Å². The third kappa shape index (κ3) is 1.06. The number of halogens is 1. The molecule has 0 heterocycles. The summed E-state index contributed by atoms with van der Waals surface area (Å²) in [6, 6.07) is 0. The maximum Gasteiger partial charge on any atom is 0.104 e. The highest BCUT2D eigenvalue weighted by molar-refractivity contribution is 5.29. The lowest BCUT2D eigenvalue weighted by molar-refractivity contribution is 0.611. The summed E-state index contributed by atoms with van der Waals surface area (Å²) >= 11 is 0. The molecule has 0 saturated carbocycles. The molecule has 0 atom stereocenters. The molecular weight excluding hydrogens is 103 g/mol. The summed E-state index contributed by atoms with van der Waals surface area (Å²) in [6.07, 6.45) is 5.31. The molecule has 1 aliphatic rings. The first-order chi connectivity index (χ1) is 3.79. The highest BCUT2D eigenvalue weighted by Crippen LogP contribution is 2.15. The van der Waals surface area contributed by atoms with Crippen LogP contribution in [0.4, 0.5) is 4.39 Å². The fourth-order valence-electron chi connectivity index (χ4n) is 0.623. The topological polar surface area (TPSA) is 0 Å². The molecule has 0 aromatic heterocycles. The highest BCUT2D eigenvalue weighted by Gasteiger charge is 1.98. The molecule has 0 radical (unpaired) electrons. The lowest BCUT2D eigenvalue weighted by atomic mass is 10.1. The van der Waals surface area contributed by atoms with Crippen LogP contribution in [0.25, 0.3) is 0 Å². The van der Waals surface area contributed by atoms with Gasteiger partial charge in [0.1, 0.15) is 5.83 Å². The zero-order valence-corrected chi connectivity index (χ0v) is 4.52. The van der Waals surface area contributed by atoms with Crippen molar-refractivity contribution >= 4 is 0 Å². The molecule has 8 heavy (non-hydrogen) atoms. The van der Waals surface area contributed by atoms with Crippen molar-refractivity contribution in [1.29, 1.82) is 0 Å². The Morgan fingerprint density at radius 3 is 2.75 bits per heavy atom. The van der Waals surface area contributed by atoms with E-state index in [0.717, 1.165) is 5.57 Å². The van der Waals surface area contributed by atoms with Crippen LogP contribution < -0.4 is 0 Å². The summed E-state index contributed by atoms with van der Waals surface area (Å²) < 4.78 is 12.2. The molecule has 0 nitrogen and oxygen atoms in total. The second-order valence-corrected chi connectivity index (χ2v) is 1.81. The first-order valence-electron chi connectivity index (χ1n) is 2.49. The predicted octanol–water partition coefficient (Wildman–Crippen LogP) is 2.36. The number of hydrogen-bond acceptors (Lipinski definition) is 0. The fourth-order valence-corrected chi connectivity index (χ4v) is 0.623. The summed E-state index contributed by atoms with van der Waals surface area (Å²) in [7, 11) is 0. The van der Waals surface area contributed by atoms with Gasteiger partial charge in [0, 0.05) is 6.42 Å². The Morgan fingerprint density at radius 2 is 2.38 bits per heavy atom. The van der Waals surface area contributed by atoms with Crippen molar-refractivity contribution in [2.45, 2.75) is 6.42 Å². The van der Waals surface area contributed by atoms with E-state index >= 15 is 0 Å². The number of rotatable bonds is 0. The molecule has 1 heteroatoms. The van der Waals surface area contributed by atoms with Gasteiger partial charge in [-0.15, -0.1) is 0 Å². The van der Waals surface area contributed by atoms with Crippen LogP contribution in [0.2, 0.25) is 0 Å². The van der Waals surface area contributed by atoms with Gasteiger partial charge >= 0.3 is 0 Å². The maximum atomic E-state index is 12.2. The SMILES string of the molecule is C=C1C=CC=C(F)C1. The van der Waals surface area contributed by atoms with E-state index < -0.39 is 0 Å². The minimum atomic E-state index is -0.0995. The fraction of sp³-hybridized carbons (Fsp3) is 0.143. The van der Waals surface area contributed by atoms with E-state index in [4.69, 9.17) is 0 Å². The zero-order chi connectivity index (χ0) is 5.98. The van der Waals surface area contributed by atoms with Crippen LogP contribution in [0.1, 0.15) is 6.42 Å². The van der Waals surface area contributed by atoms with Gasteiger partial charge in [-0.2, -0.15) is 0 Å². The molecule has 0 aromatic rings. The van der Waals surface area contributed by atoms with Crippen LogP contribution in [-0.4, -0.2) is 0 Å². The number of hydrogen-bond donors (Lipinski definition) is 0. The van der Waals surface area contributed by atoms with E-state index in [1.54, 1.807) is 6.08 Å². The van der Waals surface area contributed by atoms with Gasteiger partial charge in [0.15, 0.2) is 0 Å². The lowest BCUT2D eigenvalue weighted by Gasteiger charge is -1.99. The van der Waals surface area contributed by atoms with E-state index in [9.17, 15) is 4.39 Å². The van der Waals surface area contributed by atoms with Crippen LogP contribution in [0.5, 0.6) is 0 Å².